The molecule has 6 nitrogen and oxygen atoms in total. The predicted molar refractivity (Wildman–Crippen MR) is 87.9 cm³/mol. The van der Waals surface area contributed by atoms with Crippen molar-refractivity contribution in [1.82, 2.24) is 14.7 Å². The van der Waals surface area contributed by atoms with Gasteiger partial charge in [-0.25, -0.2) is 8.42 Å². The number of nitrogens with zero attached hydrogens (tertiary/aromatic N) is 3. The van der Waals surface area contributed by atoms with Crippen molar-refractivity contribution in [2.24, 2.45) is 18.9 Å². The second kappa shape index (κ2) is 5.92. The molecule has 1 aromatic rings. The standard InChI is InChI=1S/C16H25N3O3S/c1-4-14-13(15(5-2)18(3)17-14)6-16(20)19-7-11-9-23(21,22)10-12(11)8-19/h11-12H,4-10H2,1-3H3/t11-,12+. The molecule has 0 N–H and O–H groups in total. The van der Waals surface area contributed by atoms with E-state index in [-0.39, 0.29) is 29.2 Å². The maximum Gasteiger partial charge on any atom is 0.227 e. The van der Waals surface area contributed by atoms with Gasteiger partial charge in [0.2, 0.25) is 5.91 Å². The summed E-state index contributed by atoms with van der Waals surface area (Å²) in [5.41, 5.74) is 3.18. The smallest absolute Gasteiger partial charge is 0.227 e. The first-order valence-electron chi connectivity index (χ1n) is 8.36. The zero-order chi connectivity index (χ0) is 16.8. The first kappa shape index (κ1) is 16.5. The fourth-order valence-corrected chi connectivity index (χ4v) is 6.29. The lowest BCUT2D eigenvalue weighted by Crippen LogP contribution is -2.32. The van der Waals surface area contributed by atoms with E-state index in [4.69, 9.17) is 0 Å². The van der Waals surface area contributed by atoms with Gasteiger partial charge in [0.25, 0.3) is 0 Å². The fourth-order valence-electron chi connectivity index (χ4n) is 4.10. The van der Waals surface area contributed by atoms with E-state index in [0.717, 1.165) is 29.8 Å². The number of aryl methyl sites for hydroxylation is 2. The molecule has 0 aliphatic carbocycles. The van der Waals surface area contributed by atoms with Crippen LogP contribution in [0.1, 0.15) is 30.8 Å². The van der Waals surface area contributed by atoms with Crippen molar-refractivity contribution in [1.29, 1.82) is 0 Å². The predicted octanol–water partition coefficient (Wildman–Crippen LogP) is 0.590. The Kier molecular flexibility index (Phi) is 4.25. The molecule has 2 aliphatic heterocycles. The Bertz CT molecular complexity index is 703. The summed E-state index contributed by atoms with van der Waals surface area (Å²) in [5, 5.41) is 4.52. The van der Waals surface area contributed by atoms with Crippen LogP contribution in [0.15, 0.2) is 0 Å². The lowest BCUT2D eigenvalue weighted by atomic mass is 10.0. The van der Waals surface area contributed by atoms with E-state index < -0.39 is 9.84 Å². The minimum absolute atomic E-state index is 0.106. The molecular weight excluding hydrogens is 314 g/mol. The van der Waals surface area contributed by atoms with Crippen LogP contribution in [-0.4, -0.2) is 53.6 Å². The van der Waals surface area contributed by atoms with Gasteiger partial charge in [0.1, 0.15) is 0 Å². The van der Waals surface area contributed by atoms with Gasteiger partial charge in [-0.1, -0.05) is 13.8 Å². The Morgan fingerprint density at radius 1 is 1.17 bits per heavy atom. The van der Waals surface area contributed by atoms with E-state index in [0.29, 0.717) is 19.5 Å². The third-order valence-corrected chi connectivity index (χ3v) is 7.09. The molecule has 2 atom stereocenters. The molecule has 2 saturated heterocycles. The molecule has 0 spiro atoms. The van der Waals surface area contributed by atoms with Crippen LogP contribution >= 0.6 is 0 Å². The zero-order valence-corrected chi connectivity index (χ0v) is 14.9. The Labute approximate surface area is 137 Å². The van der Waals surface area contributed by atoms with Crippen molar-refractivity contribution in [3.63, 3.8) is 0 Å². The van der Waals surface area contributed by atoms with Crippen LogP contribution in [0.4, 0.5) is 0 Å². The van der Waals surface area contributed by atoms with Crippen molar-refractivity contribution in [2.75, 3.05) is 24.6 Å². The van der Waals surface area contributed by atoms with Gasteiger partial charge in [-0.2, -0.15) is 5.10 Å². The normalized spacial score (nSPS) is 25.8. The average Bonchev–Trinajstić information content (AvgIpc) is 3.07. The maximum absolute atomic E-state index is 12.7. The van der Waals surface area contributed by atoms with Gasteiger partial charge in [0.05, 0.1) is 23.6 Å². The third-order valence-electron chi connectivity index (χ3n) is 5.22. The molecule has 3 heterocycles. The topological polar surface area (TPSA) is 72.3 Å². The summed E-state index contributed by atoms with van der Waals surface area (Å²) in [6.07, 6.45) is 2.06. The highest BCUT2D eigenvalue weighted by Crippen LogP contribution is 2.33. The van der Waals surface area contributed by atoms with E-state index in [1.165, 1.54) is 0 Å². The SMILES string of the molecule is CCc1nn(C)c(CC)c1CC(=O)N1C[C@@H]2CS(=O)(=O)C[C@@H]2C1. The summed E-state index contributed by atoms with van der Waals surface area (Å²) in [7, 11) is -0.955. The van der Waals surface area contributed by atoms with Crippen molar-refractivity contribution in [3.8, 4) is 0 Å². The van der Waals surface area contributed by atoms with Gasteiger partial charge in [-0.05, 0) is 24.7 Å². The zero-order valence-electron chi connectivity index (χ0n) is 14.1. The third kappa shape index (κ3) is 3.03. The number of likely N-dealkylation sites (tertiary alicyclic amines) is 1. The Hall–Kier alpha value is -1.37. The minimum Gasteiger partial charge on any atom is -0.342 e. The second-order valence-electron chi connectivity index (χ2n) is 6.78. The summed E-state index contributed by atoms with van der Waals surface area (Å²) in [6, 6.07) is 0. The summed E-state index contributed by atoms with van der Waals surface area (Å²) in [6.45, 7) is 5.31. The molecule has 2 fully saturated rings. The molecular formula is C16H25N3O3S. The quantitative estimate of drug-likeness (QED) is 0.805. The number of hydrogen-bond acceptors (Lipinski definition) is 4. The van der Waals surface area contributed by atoms with Crippen molar-refractivity contribution < 1.29 is 13.2 Å². The Balaban J connectivity index is 1.72. The van der Waals surface area contributed by atoms with Crippen LogP contribution in [0.25, 0.3) is 0 Å². The van der Waals surface area contributed by atoms with Crippen molar-refractivity contribution >= 4 is 15.7 Å². The first-order valence-corrected chi connectivity index (χ1v) is 10.2. The van der Waals surface area contributed by atoms with Gasteiger partial charge in [-0.3, -0.25) is 9.48 Å². The molecule has 0 aromatic carbocycles. The lowest BCUT2D eigenvalue weighted by molar-refractivity contribution is -0.129. The summed E-state index contributed by atoms with van der Waals surface area (Å²) >= 11 is 0. The van der Waals surface area contributed by atoms with E-state index in [9.17, 15) is 13.2 Å². The first-order chi connectivity index (χ1) is 10.8. The maximum atomic E-state index is 12.7. The van der Waals surface area contributed by atoms with Crippen LogP contribution in [0.3, 0.4) is 0 Å². The molecule has 23 heavy (non-hydrogen) atoms. The van der Waals surface area contributed by atoms with Crippen LogP contribution in [0.5, 0.6) is 0 Å². The van der Waals surface area contributed by atoms with Crippen molar-refractivity contribution in [2.45, 2.75) is 33.1 Å². The molecule has 0 unspecified atom stereocenters. The number of hydrogen-bond donors (Lipinski definition) is 0. The van der Waals surface area contributed by atoms with Gasteiger partial charge in [-0.15, -0.1) is 0 Å². The molecule has 3 rings (SSSR count). The van der Waals surface area contributed by atoms with E-state index >= 15 is 0 Å². The highest BCUT2D eigenvalue weighted by molar-refractivity contribution is 7.91. The number of sulfone groups is 1. The Morgan fingerprint density at radius 2 is 1.78 bits per heavy atom. The fraction of sp³-hybridized carbons (Fsp3) is 0.750. The van der Waals surface area contributed by atoms with Gasteiger partial charge in [0, 0.05) is 31.4 Å². The van der Waals surface area contributed by atoms with Gasteiger partial charge in [0.15, 0.2) is 9.84 Å². The lowest BCUT2D eigenvalue weighted by Gasteiger charge is -2.18. The molecule has 0 radical (unpaired) electrons. The molecule has 1 aromatic heterocycles. The van der Waals surface area contributed by atoms with Crippen LogP contribution < -0.4 is 0 Å². The molecule has 0 bridgehead atoms. The summed E-state index contributed by atoms with van der Waals surface area (Å²) in [5.74, 6) is 0.862. The highest BCUT2D eigenvalue weighted by Gasteiger charge is 2.44. The number of aromatic nitrogens is 2. The van der Waals surface area contributed by atoms with E-state index in [2.05, 4.69) is 18.9 Å². The second-order valence-corrected chi connectivity index (χ2v) is 8.93. The average molecular weight is 339 g/mol. The van der Waals surface area contributed by atoms with E-state index in [1.54, 1.807) is 0 Å². The summed E-state index contributed by atoms with van der Waals surface area (Å²) < 4.78 is 25.2. The molecule has 7 heteroatoms. The number of rotatable bonds is 4. The molecule has 2 aliphatic rings. The monoisotopic (exact) mass is 339 g/mol. The number of carbonyl (C=O) groups is 1. The number of amides is 1. The molecule has 1 amide bonds. The number of carbonyl (C=O) groups excluding carboxylic acids is 1. The van der Waals surface area contributed by atoms with Gasteiger partial charge < -0.3 is 4.90 Å². The van der Waals surface area contributed by atoms with Gasteiger partial charge >= 0.3 is 0 Å². The Morgan fingerprint density at radius 3 is 2.30 bits per heavy atom. The molecule has 128 valence electrons. The number of fused-ring (bicyclic) bond motifs is 1. The minimum atomic E-state index is -2.88. The summed E-state index contributed by atoms with van der Waals surface area (Å²) in [4.78, 5) is 14.5. The van der Waals surface area contributed by atoms with Crippen molar-refractivity contribution in [3.05, 3.63) is 17.0 Å². The van der Waals surface area contributed by atoms with Crippen LogP contribution in [-0.2, 0) is 40.9 Å². The molecule has 0 saturated carbocycles. The van der Waals surface area contributed by atoms with Crippen LogP contribution in [0.2, 0.25) is 0 Å². The van der Waals surface area contributed by atoms with Crippen LogP contribution in [0, 0.1) is 11.8 Å². The highest BCUT2D eigenvalue weighted by atomic mass is 32.2. The largest absolute Gasteiger partial charge is 0.342 e. The van der Waals surface area contributed by atoms with E-state index in [1.807, 2.05) is 16.6 Å².